The molecule has 0 aromatic heterocycles. The lowest BCUT2D eigenvalue weighted by molar-refractivity contribution is 0.242. The average Bonchev–Trinajstić information content (AvgIpc) is 2.25. The molecule has 1 aromatic carbocycles. The van der Waals surface area contributed by atoms with Gasteiger partial charge in [0.2, 0.25) is 0 Å². The SMILES string of the molecule is C=CCCC(N)c1cccc(OC(C)C)c1. The number of allylic oxidation sites excluding steroid dienone is 1. The van der Waals surface area contributed by atoms with Crippen molar-refractivity contribution in [1.29, 1.82) is 0 Å². The molecule has 2 nitrogen and oxygen atoms in total. The third kappa shape index (κ3) is 4.07. The van der Waals surface area contributed by atoms with Crippen LogP contribution in [0.25, 0.3) is 0 Å². The minimum absolute atomic E-state index is 0.0636. The Bertz CT molecular complexity index is 333. The molecule has 0 radical (unpaired) electrons. The van der Waals surface area contributed by atoms with Crippen molar-refractivity contribution in [1.82, 2.24) is 0 Å². The van der Waals surface area contributed by atoms with Crippen molar-refractivity contribution in [2.24, 2.45) is 5.73 Å². The van der Waals surface area contributed by atoms with Crippen LogP contribution in [0.5, 0.6) is 5.75 Å². The standard InChI is InChI=1S/C14H21NO/c1-4-5-9-14(15)12-7-6-8-13(10-12)16-11(2)3/h4,6-8,10-11,14H,1,5,9,15H2,2-3H3. The Morgan fingerprint density at radius 1 is 1.44 bits per heavy atom. The first-order valence-electron chi connectivity index (χ1n) is 5.76. The summed E-state index contributed by atoms with van der Waals surface area (Å²) in [5.41, 5.74) is 7.20. The molecule has 0 spiro atoms. The van der Waals surface area contributed by atoms with E-state index in [1.807, 2.05) is 44.2 Å². The zero-order valence-corrected chi connectivity index (χ0v) is 10.1. The second-order valence-corrected chi connectivity index (χ2v) is 4.21. The lowest BCUT2D eigenvalue weighted by Crippen LogP contribution is -2.11. The van der Waals surface area contributed by atoms with Crippen LogP contribution in [0.1, 0.15) is 38.3 Å². The van der Waals surface area contributed by atoms with Gasteiger partial charge in [0.15, 0.2) is 0 Å². The molecule has 1 unspecified atom stereocenters. The first-order valence-corrected chi connectivity index (χ1v) is 5.76. The van der Waals surface area contributed by atoms with Gasteiger partial charge < -0.3 is 10.5 Å². The van der Waals surface area contributed by atoms with Gasteiger partial charge in [0.05, 0.1) is 6.10 Å². The van der Waals surface area contributed by atoms with Gasteiger partial charge in [-0.1, -0.05) is 18.2 Å². The lowest BCUT2D eigenvalue weighted by atomic mass is 10.0. The van der Waals surface area contributed by atoms with Gasteiger partial charge in [0.25, 0.3) is 0 Å². The van der Waals surface area contributed by atoms with Crippen LogP contribution < -0.4 is 10.5 Å². The first-order chi connectivity index (χ1) is 7.63. The molecule has 0 aliphatic rings. The molecule has 16 heavy (non-hydrogen) atoms. The monoisotopic (exact) mass is 219 g/mol. The maximum Gasteiger partial charge on any atom is 0.120 e. The summed E-state index contributed by atoms with van der Waals surface area (Å²) in [6.07, 6.45) is 3.96. The Morgan fingerprint density at radius 3 is 2.81 bits per heavy atom. The van der Waals surface area contributed by atoms with Crippen molar-refractivity contribution in [3.63, 3.8) is 0 Å². The second-order valence-electron chi connectivity index (χ2n) is 4.21. The molecule has 0 aliphatic carbocycles. The number of ether oxygens (including phenoxy) is 1. The van der Waals surface area contributed by atoms with Crippen molar-refractivity contribution in [2.45, 2.75) is 38.8 Å². The van der Waals surface area contributed by atoms with E-state index in [1.165, 1.54) is 0 Å². The van der Waals surface area contributed by atoms with Crippen LogP contribution in [-0.2, 0) is 0 Å². The molecular formula is C14H21NO. The maximum absolute atomic E-state index is 6.08. The molecule has 0 bridgehead atoms. The van der Waals surface area contributed by atoms with Crippen molar-refractivity contribution < 1.29 is 4.74 Å². The quantitative estimate of drug-likeness (QED) is 0.744. The summed E-state index contributed by atoms with van der Waals surface area (Å²) in [6, 6.07) is 8.08. The minimum atomic E-state index is 0.0636. The number of hydrogen-bond donors (Lipinski definition) is 1. The molecule has 2 heteroatoms. The van der Waals surface area contributed by atoms with Gasteiger partial charge in [-0.15, -0.1) is 6.58 Å². The molecule has 1 atom stereocenters. The van der Waals surface area contributed by atoms with Gasteiger partial charge in [0.1, 0.15) is 5.75 Å². The van der Waals surface area contributed by atoms with Crippen LogP contribution in [0.3, 0.4) is 0 Å². The van der Waals surface area contributed by atoms with E-state index in [4.69, 9.17) is 10.5 Å². The average molecular weight is 219 g/mol. The first kappa shape index (κ1) is 12.8. The van der Waals surface area contributed by atoms with Gasteiger partial charge in [-0.05, 0) is 44.4 Å². The van der Waals surface area contributed by atoms with E-state index >= 15 is 0 Å². The smallest absolute Gasteiger partial charge is 0.120 e. The molecule has 2 N–H and O–H groups in total. The Morgan fingerprint density at radius 2 is 2.19 bits per heavy atom. The third-order valence-electron chi connectivity index (χ3n) is 2.34. The molecule has 0 aliphatic heterocycles. The van der Waals surface area contributed by atoms with Crippen LogP contribution in [0.2, 0.25) is 0 Å². The fourth-order valence-corrected chi connectivity index (χ4v) is 1.55. The molecule has 0 fully saturated rings. The highest BCUT2D eigenvalue weighted by Gasteiger charge is 2.06. The summed E-state index contributed by atoms with van der Waals surface area (Å²) in [6.45, 7) is 7.74. The zero-order chi connectivity index (χ0) is 12.0. The van der Waals surface area contributed by atoms with Gasteiger partial charge in [-0.3, -0.25) is 0 Å². The summed E-state index contributed by atoms with van der Waals surface area (Å²) in [5, 5.41) is 0. The number of nitrogens with two attached hydrogens (primary N) is 1. The van der Waals surface area contributed by atoms with Crippen LogP contribution in [0, 0.1) is 0 Å². The summed E-state index contributed by atoms with van der Waals surface area (Å²) >= 11 is 0. The summed E-state index contributed by atoms with van der Waals surface area (Å²) in [7, 11) is 0. The molecular weight excluding hydrogens is 198 g/mol. The van der Waals surface area contributed by atoms with Gasteiger partial charge in [-0.2, -0.15) is 0 Å². The van der Waals surface area contributed by atoms with Gasteiger partial charge in [-0.25, -0.2) is 0 Å². The highest BCUT2D eigenvalue weighted by molar-refractivity contribution is 5.30. The summed E-state index contributed by atoms with van der Waals surface area (Å²) < 4.78 is 5.63. The molecule has 0 amide bonds. The molecule has 88 valence electrons. The molecule has 0 heterocycles. The molecule has 1 aromatic rings. The van der Waals surface area contributed by atoms with E-state index in [-0.39, 0.29) is 12.1 Å². The lowest BCUT2D eigenvalue weighted by Gasteiger charge is -2.14. The van der Waals surface area contributed by atoms with Crippen molar-refractivity contribution in [2.75, 3.05) is 0 Å². The highest BCUT2D eigenvalue weighted by atomic mass is 16.5. The van der Waals surface area contributed by atoms with Crippen LogP contribution in [0.4, 0.5) is 0 Å². The van der Waals surface area contributed by atoms with E-state index in [9.17, 15) is 0 Å². The molecule has 1 rings (SSSR count). The van der Waals surface area contributed by atoms with Gasteiger partial charge in [0, 0.05) is 6.04 Å². The van der Waals surface area contributed by atoms with Gasteiger partial charge >= 0.3 is 0 Å². The third-order valence-corrected chi connectivity index (χ3v) is 2.34. The Labute approximate surface area is 98.1 Å². The Balaban J connectivity index is 2.69. The van der Waals surface area contributed by atoms with E-state index in [0.29, 0.717) is 0 Å². The predicted molar refractivity (Wildman–Crippen MR) is 68.6 cm³/mol. The largest absolute Gasteiger partial charge is 0.491 e. The summed E-state index contributed by atoms with van der Waals surface area (Å²) in [5.74, 6) is 0.890. The van der Waals surface area contributed by atoms with E-state index in [0.717, 1.165) is 24.2 Å². The molecule has 0 saturated carbocycles. The topological polar surface area (TPSA) is 35.2 Å². The van der Waals surface area contributed by atoms with Crippen LogP contribution >= 0.6 is 0 Å². The van der Waals surface area contributed by atoms with Crippen molar-refractivity contribution in [3.05, 3.63) is 42.5 Å². The Kier molecular flexibility index (Phi) is 5.06. The van der Waals surface area contributed by atoms with E-state index < -0.39 is 0 Å². The van der Waals surface area contributed by atoms with Crippen molar-refractivity contribution in [3.8, 4) is 5.75 Å². The normalized spacial score (nSPS) is 12.5. The highest BCUT2D eigenvalue weighted by Crippen LogP contribution is 2.21. The number of hydrogen-bond acceptors (Lipinski definition) is 2. The van der Waals surface area contributed by atoms with Crippen LogP contribution in [0.15, 0.2) is 36.9 Å². The van der Waals surface area contributed by atoms with E-state index in [2.05, 4.69) is 6.58 Å². The fraction of sp³-hybridized carbons (Fsp3) is 0.429. The maximum atomic E-state index is 6.08. The summed E-state index contributed by atoms with van der Waals surface area (Å²) in [4.78, 5) is 0. The zero-order valence-electron chi connectivity index (χ0n) is 10.1. The number of rotatable bonds is 6. The van der Waals surface area contributed by atoms with Crippen molar-refractivity contribution >= 4 is 0 Å². The minimum Gasteiger partial charge on any atom is -0.491 e. The fourth-order valence-electron chi connectivity index (χ4n) is 1.55. The molecule has 0 saturated heterocycles. The van der Waals surface area contributed by atoms with Crippen LogP contribution in [-0.4, -0.2) is 6.10 Å². The van der Waals surface area contributed by atoms with E-state index in [1.54, 1.807) is 0 Å². The number of benzene rings is 1. The predicted octanol–water partition coefficient (Wildman–Crippen LogP) is 3.44. The second kappa shape index (κ2) is 6.33. The Hall–Kier alpha value is -1.28.